The molecule has 9 heteroatoms. The summed E-state index contributed by atoms with van der Waals surface area (Å²) >= 11 is 1.58. The van der Waals surface area contributed by atoms with Gasteiger partial charge in [0.25, 0.3) is 5.91 Å². The van der Waals surface area contributed by atoms with Gasteiger partial charge in [-0.25, -0.2) is 0 Å². The largest absolute Gasteiger partial charge is 0.495 e. The fourth-order valence-electron chi connectivity index (χ4n) is 4.36. The molecular formula is C32H30N4O4S. The minimum Gasteiger partial charge on any atom is -0.495 e. The van der Waals surface area contributed by atoms with E-state index in [1.54, 1.807) is 51.3 Å². The Morgan fingerprint density at radius 1 is 0.756 bits per heavy atom. The SMILES string of the molecule is COc1ccc(NC(=O)c2ccc(CSc3nnc(Cc4ccccc4)n3-c3ccccc3OC)cc2)cc1OC. The third kappa shape index (κ3) is 6.53. The second-order valence-electron chi connectivity index (χ2n) is 9.08. The first kappa shape index (κ1) is 27.8. The van der Waals surface area contributed by atoms with Crippen molar-refractivity contribution >= 4 is 23.4 Å². The van der Waals surface area contributed by atoms with E-state index in [9.17, 15) is 4.79 Å². The van der Waals surface area contributed by atoms with E-state index < -0.39 is 0 Å². The fourth-order valence-corrected chi connectivity index (χ4v) is 5.28. The molecule has 1 N–H and O–H groups in total. The standard InChI is InChI=1S/C32H30N4O4S/c1-38-27-12-8-7-11-26(27)36-30(19-22-9-5-4-6-10-22)34-35-32(36)41-21-23-13-15-24(16-14-23)31(37)33-25-17-18-28(39-2)29(20-25)40-3/h4-18,20H,19,21H2,1-3H3,(H,33,37). The van der Waals surface area contributed by atoms with E-state index in [1.165, 1.54) is 0 Å². The molecule has 0 aliphatic rings. The molecule has 8 nitrogen and oxygen atoms in total. The third-order valence-electron chi connectivity index (χ3n) is 6.46. The molecule has 0 fully saturated rings. The van der Waals surface area contributed by atoms with Crippen molar-refractivity contribution in [2.45, 2.75) is 17.3 Å². The van der Waals surface area contributed by atoms with Crippen LogP contribution in [0.5, 0.6) is 17.2 Å². The minimum absolute atomic E-state index is 0.210. The third-order valence-corrected chi connectivity index (χ3v) is 7.46. The van der Waals surface area contributed by atoms with Gasteiger partial charge in [0.1, 0.15) is 11.6 Å². The van der Waals surface area contributed by atoms with E-state index >= 15 is 0 Å². The second-order valence-corrected chi connectivity index (χ2v) is 10.0. The highest BCUT2D eigenvalue weighted by Crippen LogP contribution is 2.32. The number of hydrogen-bond donors (Lipinski definition) is 1. The van der Waals surface area contributed by atoms with Crippen molar-refractivity contribution in [3.05, 3.63) is 120 Å². The predicted molar refractivity (Wildman–Crippen MR) is 161 cm³/mol. The van der Waals surface area contributed by atoms with Gasteiger partial charge in [0.2, 0.25) is 0 Å². The Labute approximate surface area is 243 Å². The molecule has 0 radical (unpaired) electrons. The van der Waals surface area contributed by atoms with Crippen LogP contribution in [0.2, 0.25) is 0 Å². The van der Waals surface area contributed by atoms with Crippen molar-refractivity contribution < 1.29 is 19.0 Å². The molecule has 0 saturated carbocycles. The zero-order chi connectivity index (χ0) is 28.6. The summed E-state index contributed by atoms with van der Waals surface area (Å²) in [5.41, 5.74) is 4.26. The maximum atomic E-state index is 12.9. The van der Waals surface area contributed by atoms with Gasteiger partial charge in [-0.2, -0.15) is 0 Å². The molecule has 0 unspecified atom stereocenters. The van der Waals surface area contributed by atoms with Gasteiger partial charge in [-0.3, -0.25) is 9.36 Å². The fraction of sp³-hybridized carbons (Fsp3) is 0.156. The Kier molecular flexibility index (Phi) is 8.85. The number of methoxy groups -OCH3 is 3. The number of carbonyl (C=O) groups excluding carboxylic acids is 1. The number of nitrogens with one attached hydrogen (secondary N) is 1. The molecule has 1 heterocycles. The van der Waals surface area contributed by atoms with Crippen LogP contribution >= 0.6 is 11.8 Å². The topological polar surface area (TPSA) is 87.5 Å². The number of rotatable bonds is 11. The average molecular weight is 567 g/mol. The molecule has 4 aromatic carbocycles. The van der Waals surface area contributed by atoms with Crippen LogP contribution in [-0.2, 0) is 12.2 Å². The van der Waals surface area contributed by atoms with Gasteiger partial charge in [0.05, 0.1) is 27.0 Å². The first-order chi connectivity index (χ1) is 20.1. The van der Waals surface area contributed by atoms with Gasteiger partial charge < -0.3 is 19.5 Å². The summed E-state index contributed by atoms with van der Waals surface area (Å²) in [5.74, 6) is 3.15. The lowest BCUT2D eigenvalue weighted by molar-refractivity contribution is 0.102. The van der Waals surface area contributed by atoms with Crippen molar-refractivity contribution in [2.24, 2.45) is 0 Å². The molecule has 5 rings (SSSR count). The normalized spacial score (nSPS) is 10.7. The highest BCUT2D eigenvalue weighted by molar-refractivity contribution is 7.98. The molecule has 1 amide bonds. The number of thioether (sulfide) groups is 1. The molecular weight excluding hydrogens is 536 g/mol. The number of para-hydroxylation sites is 2. The first-order valence-electron chi connectivity index (χ1n) is 13.0. The summed E-state index contributed by atoms with van der Waals surface area (Å²) in [6, 6.07) is 30.8. The molecule has 41 heavy (non-hydrogen) atoms. The van der Waals surface area contributed by atoms with E-state index in [0.717, 1.165) is 33.5 Å². The van der Waals surface area contributed by atoms with Gasteiger partial charge in [0, 0.05) is 29.5 Å². The lowest BCUT2D eigenvalue weighted by atomic mass is 10.1. The van der Waals surface area contributed by atoms with Crippen LogP contribution in [0.25, 0.3) is 5.69 Å². The highest BCUT2D eigenvalue weighted by Gasteiger charge is 2.18. The zero-order valence-corrected chi connectivity index (χ0v) is 23.9. The van der Waals surface area contributed by atoms with E-state index in [4.69, 9.17) is 14.2 Å². The Hall–Kier alpha value is -4.76. The van der Waals surface area contributed by atoms with Gasteiger partial charge in [0.15, 0.2) is 16.7 Å². The van der Waals surface area contributed by atoms with Crippen LogP contribution < -0.4 is 19.5 Å². The van der Waals surface area contributed by atoms with E-state index in [1.807, 2.05) is 66.7 Å². The van der Waals surface area contributed by atoms with E-state index in [-0.39, 0.29) is 5.91 Å². The number of hydrogen-bond acceptors (Lipinski definition) is 7. The Balaban J connectivity index is 1.32. The number of ether oxygens (including phenoxy) is 3. The first-order valence-corrected chi connectivity index (χ1v) is 13.9. The van der Waals surface area contributed by atoms with Crippen molar-refractivity contribution in [1.82, 2.24) is 14.8 Å². The monoisotopic (exact) mass is 566 g/mol. The van der Waals surface area contributed by atoms with Gasteiger partial charge >= 0.3 is 0 Å². The van der Waals surface area contributed by atoms with Crippen LogP contribution in [0.15, 0.2) is 102 Å². The van der Waals surface area contributed by atoms with Crippen molar-refractivity contribution in [3.8, 4) is 22.9 Å². The summed E-state index contributed by atoms with van der Waals surface area (Å²) < 4.78 is 18.3. The van der Waals surface area contributed by atoms with Gasteiger partial charge in [-0.05, 0) is 47.5 Å². The number of amides is 1. The quantitative estimate of drug-likeness (QED) is 0.184. The van der Waals surface area contributed by atoms with E-state index in [0.29, 0.717) is 34.9 Å². The van der Waals surface area contributed by atoms with Crippen molar-refractivity contribution in [3.63, 3.8) is 0 Å². The molecule has 1 aromatic heterocycles. The van der Waals surface area contributed by atoms with Crippen LogP contribution in [0.3, 0.4) is 0 Å². The number of carbonyl (C=O) groups is 1. The lowest BCUT2D eigenvalue weighted by Gasteiger charge is -2.14. The maximum Gasteiger partial charge on any atom is 0.255 e. The smallest absolute Gasteiger partial charge is 0.255 e. The molecule has 0 aliphatic carbocycles. The summed E-state index contributed by atoms with van der Waals surface area (Å²) in [6.07, 6.45) is 0.635. The number of aromatic nitrogens is 3. The summed E-state index contributed by atoms with van der Waals surface area (Å²) in [5, 5.41) is 12.7. The van der Waals surface area contributed by atoms with E-state index in [2.05, 4.69) is 32.2 Å². The van der Waals surface area contributed by atoms with Gasteiger partial charge in [-0.1, -0.05) is 66.4 Å². The van der Waals surface area contributed by atoms with Crippen LogP contribution in [0, 0.1) is 0 Å². The van der Waals surface area contributed by atoms with Gasteiger partial charge in [-0.15, -0.1) is 10.2 Å². The summed E-state index contributed by atoms with van der Waals surface area (Å²) in [7, 11) is 4.79. The molecule has 0 spiro atoms. The molecule has 0 atom stereocenters. The number of benzene rings is 4. The molecule has 208 valence electrons. The zero-order valence-electron chi connectivity index (χ0n) is 23.0. The molecule has 0 saturated heterocycles. The lowest BCUT2D eigenvalue weighted by Crippen LogP contribution is -2.12. The number of nitrogens with zero attached hydrogens (tertiary/aromatic N) is 3. The average Bonchev–Trinajstić information content (AvgIpc) is 3.42. The molecule has 0 aliphatic heterocycles. The van der Waals surface area contributed by atoms with Crippen molar-refractivity contribution in [2.75, 3.05) is 26.6 Å². The van der Waals surface area contributed by atoms with Crippen LogP contribution in [0.4, 0.5) is 5.69 Å². The Morgan fingerprint density at radius 2 is 1.46 bits per heavy atom. The molecule has 0 bridgehead atoms. The van der Waals surface area contributed by atoms with Crippen LogP contribution in [-0.4, -0.2) is 42.0 Å². The highest BCUT2D eigenvalue weighted by atomic mass is 32.2. The Bertz CT molecular complexity index is 1620. The maximum absolute atomic E-state index is 12.9. The second kappa shape index (κ2) is 13.1. The molecule has 5 aromatic rings. The summed E-state index contributed by atoms with van der Waals surface area (Å²) in [6.45, 7) is 0. The van der Waals surface area contributed by atoms with Crippen LogP contribution in [0.1, 0.15) is 27.3 Å². The van der Waals surface area contributed by atoms with Crippen molar-refractivity contribution in [1.29, 1.82) is 0 Å². The number of anilines is 1. The predicted octanol–water partition coefficient (Wildman–Crippen LogP) is 6.43. The Morgan fingerprint density at radius 3 is 2.20 bits per heavy atom. The minimum atomic E-state index is -0.210. The summed E-state index contributed by atoms with van der Waals surface area (Å²) in [4.78, 5) is 12.9.